The van der Waals surface area contributed by atoms with Gasteiger partial charge in [0, 0.05) is 29.6 Å². The zero-order chi connectivity index (χ0) is 11.1. The predicted octanol–water partition coefficient (Wildman–Crippen LogP) is 3.27. The number of anilines is 1. The van der Waals surface area contributed by atoms with Crippen molar-refractivity contribution in [3.05, 3.63) is 29.8 Å². The second-order valence-electron chi connectivity index (χ2n) is 4.79. The molecule has 84 valence electrons. The summed E-state index contributed by atoms with van der Waals surface area (Å²) in [4.78, 5) is 0. The van der Waals surface area contributed by atoms with Crippen LogP contribution in [-0.4, -0.2) is 11.1 Å². The fourth-order valence-electron chi connectivity index (χ4n) is 2.77. The molecule has 2 nitrogen and oxygen atoms in total. The van der Waals surface area contributed by atoms with E-state index in [0.717, 1.165) is 19.5 Å². The zero-order valence-corrected chi connectivity index (χ0v) is 9.96. The summed E-state index contributed by atoms with van der Waals surface area (Å²) in [5.41, 5.74) is 2.86. The lowest BCUT2D eigenvalue weighted by Gasteiger charge is -2.24. The standard InChI is InChI=1S/C14H18N2/c1-3-11-12-6-4-5-7-13(12)16-9-10(2)8-15-14(11)16/h4-7,10,15H,3,8-9H2,1-2H3. The van der Waals surface area contributed by atoms with Crippen LogP contribution in [0.4, 0.5) is 5.82 Å². The van der Waals surface area contributed by atoms with Crippen molar-refractivity contribution in [2.75, 3.05) is 11.9 Å². The lowest BCUT2D eigenvalue weighted by Crippen LogP contribution is -2.25. The summed E-state index contributed by atoms with van der Waals surface area (Å²) >= 11 is 0. The van der Waals surface area contributed by atoms with E-state index in [0.29, 0.717) is 5.92 Å². The van der Waals surface area contributed by atoms with Crippen LogP contribution in [0.5, 0.6) is 0 Å². The molecule has 1 aliphatic rings. The van der Waals surface area contributed by atoms with E-state index in [-0.39, 0.29) is 0 Å². The number of hydrogen-bond donors (Lipinski definition) is 1. The van der Waals surface area contributed by atoms with Gasteiger partial charge in [0.2, 0.25) is 0 Å². The summed E-state index contributed by atoms with van der Waals surface area (Å²) in [5, 5.41) is 5.00. The van der Waals surface area contributed by atoms with Gasteiger partial charge in [0.15, 0.2) is 0 Å². The second-order valence-corrected chi connectivity index (χ2v) is 4.79. The first-order chi connectivity index (χ1) is 7.81. The third-order valence-corrected chi connectivity index (χ3v) is 3.54. The van der Waals surface area contributed by atoms with E-state index in [1.165, 1.54) is 22.3 Å². The number of hydrogen-bond acceptors (Lipinski definition) is 1. The molecule has 0 spiro atoms. The first kappa shape index (κ1) is 9.76. The van der Waals surface area contributed by atoms with E-state index < -0.39 is 0 Å². The molecular formula is C14H18N2. The van der Waals surface area contributed by atoms with Crippen molar-refractivity contribution < 1.29 is 0 Å². The van der Waals surface area contributed by atoms with Gasteiger partial charge in [0.25, 0.3) is 0 Å². The quantitative estimate of drug-likeness (QED) is 0.771. The van der Waals surface area contributed by atoms with Crippen LogP contribution in [0.15, 0.2) is 24.3 Å². The smallest absolute Gasteiger partial charge is 0.110 e. The summed E-state index contributed by atoms with van der Waals surface area (Å²) in [5.74, 6) is 2.06. The molecule has 3 rings (SSSR count). The Balaban J connectivity index is 2.31. The van der Waals surface area contributed by atoms with Crippen molar-refractivity contribution >= 4 is 16.7 Å². The van der Waals surface area contributed by atoms with E-state index in [1.807, 2.05) is 0 Å². The summed E-state index contributed by atoms with van der Waals surface area (Å²) in [6.45, 7) is 6.78. The molecule has 1 aliphatic heterocycles. The van der Waals surface area contributed by atoms with Gasteiger partial charge in [0.05, 0.1) is 0 Å². The van der Waals surface area contributed by atoms with Crippen LogP contribution in [0.1, 0.15) is 19.4 Å². The maximum Gasteiger partial charge on any atom is 0.110 e. The molecule has 1 unspecified atom stereocenters. The largest absolute Gasteiger partial charge is 0.371 e. The minimum Gasteiger partial charge on any atom is -0.371 e. The van der Waals surface area contributed by atoms with Crippen LogP contribution >= 0.6 is 0 Å². The van der Waals surface area contributed by atoms with E-state index >= 15 is 0 Å². The molecule has 16 heavy (non-hydrogen) atoms. The van der Waals surface area contributed by atoms with Crippen LogP contribution in [0.2, 0.25) is 0 Å². The minimum absolute atomic E-state index is 0.716. The summed E-state index contributed by atoms with van der Waals surface area (Å²) in [7, 11) is 0. The predicted molar refractivity (Wildman–Crippen MR) is 69.0 cm³/mol. The Morgan fingerprint density at radius 1 is 1.38 bits per heavy atom. The number of aryl methyl sites for hydroxylation is 1. The third-order valence-electron chi connectivity index (χ3n) is 3.54. The molecule has 1 N–H and O–H groups in total. The minimum atomic E-state index is 0.716. The van der Waals surface area contributed by atoms with Gasteiger partial charge in [0.1, 0.15) is 5.82 Å². The number of benzene rings is 1. The molecular weight excluding hydrogens is 196 g/mol. The van der Waals surface area contributed by atoms with E-state index in [1.54, 1.807) is 0 Å². The average Bonchev–Trinajstić information content (AvgIpc) is 2.62. The van der Waals surface area contributed by atoms with Crippen molar-refractivity contribution in [2.24, 2.45) is 5.92 Å². The van der Waals surface area contributed by atoms with Crippen LogP contribution in [-0.2, 0) is 13.0 Å². The topological polar surface area (TPSA) is 17.0 Å². The molecule has 1 aromatic carbocycles. The Hall–Kier alpha value is -1.44. The molecule has 0 radical (unpaired) electrons. The number of nitrogens with zero attached hydrogens (tertiary/aromatic N) is 1. The first-order valence-corrected chi connectivity index (χ1v) is 6.15. The molecule has 0 bridgehead atoms. The maximum absolute atomic E-state index is 3.58. The molecule has 2 aromatic rings. The second kappa shape index (κ2) is 3.55. The molecule has 0 aliphatic carbocycles. The average molecular weight is 214 g/mol. The molecule has 0 saturated heterocycles. The van der Waals surface area contributed by atoms with Gasteiger partial charge >= 0.3 is 0 Å². The van der Waals surface area contributed by atoms with Crippen molar-refractivity contribution in [1.29, 1.82) is 0 Å². The summed E-state index contributed by atoms with van der Waals surface area (Å²) in [6.07, 6.45) is 1.10. The van der Waals surface area contributed by atoms with Crippen molar-refractivity contribution in [1.82, 2.24) is 4.57 Å². The lowest BCUT2D eigenvalue weighted by atomic mass is 10.1. The molecule has 0 saturated carbocycles. The van der Waals surface area contributed by atoms with Crippen molar-refractivity contribution in [3.8, 4) is 0 Å². The SMILES string of the molecule is CCc1c2n(c3ccccc13)CC(C)CN2. The third kappa shape index (κ3) is 1.26. The highest BCUT2D eigenvalue weighted by Gasteiger charge is 2.20. The van der Waals surface area contributed by atoms with E-state index in [2.05, 4.69) is 48.0 Å². The molecule has 2 heteroatoms. The highest BCUT2D eigenvalue weighted by molar-refractivity contribution is 5.90. The fraction of sp³-hybridized carbons (Fsp3) is 0.429. The Morgan fingerprint density at radius 3 is 3.00 bits per heavy atom. The maximum atomic E-state index is 3.58. The zero-order valence-electron chi connectivity index (χ0n) is 9.96. The summed E-state index contributed by atoms with van der Waals surface area (Å²) in [6, 6.07) is 8.74. The monoisotopic (exact) mass is 214 g/mol. The number of fused-ring (bicyclic) bond motifs is 3. The number of rotatable bonds is 1. The van der Waals surface area contributed by atoms with Crippen molar-refractivity contribution in [3.63, 3.8) is 0 Å². The Morgan fingerprint density at radius 2 is 2.19 bits per heavy atom. The number of nitrogens with one attached hydrogen (secondary N) is 1. The van der Waals surface area contributed by atoms with Gasteiger partial charge in [-0.25, -0.2) is 0 Å². The van der Waals surface area contributed by atoms with Gasteiger partial charge in [-0.1, -0.05) is 32.0 Å². The molecule has 2 heterocycles. The van der Waals surface area contributed by atoms with Crippen LogP contribution in [0.3, 0.4) is 0 Å². The van der Waals surface area contributed by atoms with Crippen LogP contribution < -0.4 is 5.32 Å². The highest BCUT2D eigenvalue weighted by atomic mass is 15.1. The highest BCUT2D eigenvalue weighted by Crippen LogP contribution is 2.33. The molecule has 1 aromatic heterocycles. The lowest BCUT2D eigenvalue weighted by molar-refractivity contribution is 0.488. The molecule has 1 atom stereocenters. The molecule has 0 amide bonds. The Kier molecular flexibility index (Phi) is 2.16. The Bertz CT molecular complexity index is 525. The number of aromatic nitrogens is 1. The van der Waals surface area contributed by atoms with Gasteiger partial charge < -0.3 is 9.88 Å². The first-order valence-electron chi connectivity index (χ1n) is 6.15. The van der Waals surface area contributed by atoms with Crippen molar-refractivity contribution in [2.45, 2.75) is 26.8 Å². The summed E-state index contributed by atoms with van der Waals surface area (Å²) < 4.78 is 2.45. The van der Waals surface area contributed by atoms with Gasteiger partial charge in [-0.3, -0.25) is 0 Å². The van der Waals surface area contributed by atoms with E-state index in [9.17, 15) is 0 Å². The normalized spacial score (nSPS) is 19.5. The van der Waals surface area contributed by atoms with E-state index in [4.69, 9.17) is 0 Å². The molecule has 0 fully saturated rings. The van der Waals surface area contributed by atoms with Gasteiger partial charge in [-0.15, -0.1) is 0 Å². The fourth-order valence-corrected chi connectivity index (χ4v) is 2.77. The van der Waals surface area contributed by atoms with Gasteiger partial charge in [-0.05, 0) is 18.4 Å². The van der Waals surface area contributed by atoms with Gasteiger partial charge in [-0.2, -0.15) is 0 Å². The Labute approximate surface area is 96.3 Å². The van der Waals surface area contributed by atoms with Crippen LogP contribution in [0, 0.1) is 5.92 Å². The van der Waals surface area contributed by atoms with Crippen LogP contribution in [0.25, 0.3) is 10.9 Å². The number of para-hydroxylation sites is 1.